The van der Waals surface area contributed by atoms with Gasteiger partial charge in [0.25, 0.3) is 0 Å². The molecule has 1 heterocycles. The zero-order valence-electron chi connectivity index (χ0n) is 13.6. The molecule has 1 aliphatic rings. The number of hydrogen-bond donors (Lipinski definition) is 1. The zero-order chi connectivity index (χ0) is 15.9. The number of aliphatic carboxylic acids is 1. The molecule has 5 nitrogen and oxygen atoms in total. The van der Waals surface area contributed by atoms with Crippen LogP contribution in [0, 0.1) is 0 Å². The second-order valence-corrected chi connectivity index (χ2v) is 6.12. The first-order valence-corrected chi connectivity index (χ1v) is 7.98. The van der Waals surface area contributed by atoms with Gasteiger partial charge in [-0.15, -0.1) is 0 Å². The molecular formula is C17H27N3O2. The largest absolute Gasteiger partial charge is 0.480 e. The number of carboxylic acid groups (broad SMARTS) is 1. The first-order valence-electron chi connectivity index (χ1n) is 7.98. The standard InChI is InChI=1S/C17H27N3O2/c1-15(17(21)22)20-12-10-19(11-13-20)9-8-18(2)14-16-6-4-3-5-7-16/h3-7,15H,8-14H2,1-2H3,(H,21,22). The third kappa shape index (κ3) is 5.09. The highest BCUT2D eigenvalue weighted by Gasteiger charge is 2.24. The summed E-state index contributed by atoms with van der Waals surface area (Å²) in [6.07, 6.45) is 0. The highest BCUT2D eigenvalue weighted by Crippen LogP contribution is 2.07. The number of nitrogens with zero attached hydrogens (tertiary/aromatic N) is 3. The van der Waals surface area contributed by atoms with Crippen molar-refractivity contribution in [2.24, 2.45) is 0 Å². The number of rotatable bonds is 7. The van der Waals surface area contributed by atoms with E-state index < -0.39 is 5.97 Å². The third-order valence-electron chi connectivity index (χ3n) is 4.41. The predicted molar refractivity (Wildman–Crippen MR) is 87.9 cm³/mol. The Balaban J connectivity index is 1.67. The molecule has 22 heavy (non-hydrogen) atoms. The number of carboxylic acids is 1. The molecule has 1 atom stereocenters. The van der Waals surface area contributed by atoms with Crippen LogP contribution >= 0.6 is 0 Å². The topological polar surface area (TPSA) is 47.0 Å². The van der Waals surface area contributed by atoms with Crippen molar-refractivity contribution in [3.8, 4) is 0 Å². The zero-order valence-corrected chi connectivity index (χ0v) is 13.6. The van der Waals surface area contributed by atoms with Gasteiger partial charge in [-0.3, -0.25) is 14.6 Å². The Morgan fingerprint density at radius 2 is 1.86 bits per heavy atom. The van der Waals surface area contributed by atoms with Crippen LogP contribution in [0.5, 0.6) is 0 Å². The maximum Gasteiger partial charge on any atom is 0.320 e. The average Bonchev–Trinajstić information content (AvgIpc) is 2.53. The predicted octanol–water partition coefficient (Wildman–Crippen LogP) is 1.21. The minimum absolute atomic E-state index is 0.372. The minimum Gasteiger partial charge on any atom is -0.480 e. The molecule has 1 aromatic rings. The van der Waals surface area contributed by atoms with Crippen molar-refractivity contribution in [2.45, 2.75) is 19.5 Å². The Morgan fingerprint density at radius 1 is 1.23 bits per heavy atom. The number of hydrogen-bond acceptors (Lipinski definition) is 4. The van der Waals surface area contributed by atoms with Crippen LogP contribution in [-0.4, -0.2) is 78.1 Å². The molecule has 0 aliphatic carbocycles. The lowest BCUT2D eigenvalue weighted by molar-refractivity contribution is -0.143. The number of benzene rings is 1. The van der Waals surface area contributed by atoms with Crippen molar-refractivity contribution in [1.82, 2.24) is 14.7 Å². The summed E-state index contributed by atoms with van der Waals surface area (Å²) in [5.74, 6) is -0.726. The van der Waals surface area contributed by atoms with Crippen LogP contribution in [0.2, 0.25) is 0 Å². The molecule has 2 rings (SSSR count). The second-order valence-electron chi connectivity index (χ2n) is 6.12. The van der Waals surface area contributed by atoms with E-state index in [2.05, 4.69) is 41.1 Å². The number of carbonyl (C=O) groups is 1. The van der Waals surface area contributed by atoms with Crippen LogP contribution in [0.1, 0.15) is 12.5 Å². The van der Waals surface area contributed by atoms with Gasteiger partial charge in [0.05, 0.1) is 0 Å². The highest BCUT2D eigenvalue weighted by molar-refractivity contribution is 5.72. The van der Waals surface area contributed by atoms with E-state index in [9.17, 15) is 4.79 Å². The minimum atomic E-state index is -0.726. The smallest absolute Gasteiger partial charge is 0.320 e. The van der Waals surface area contributed by atoms with E-state index in [1.807, 2.05) is 11.0 Å². The molecule has 5 heteroatoms. The van der Waals surface area contributed by atoms with Crippen LogP contribution in [0.15, 0.2) is 30.3 Å². The van der Waals surface area contributed by atoms with Crippen molar-refractivity contribution in [3.63, 3.8) is 0 Å². The lowest BCUT2D eigenvalue weighted by atomic mass is 10.2. The molecule has 1 aromatic carbocycles. The molecule has 1 saturated heterocycles. The van der Waals surface area contributed by atoms with Crippen LogP contribution in [0.25, 0.3) is 0 Å². The maximum atomic E-state index is 11.0. The third-order valence-corrected chi connectivity index (χ3v) is 4.41. The fraction of sp³-hybridized carbons (Fsp3) is 0.588. The molecule has 0 bridgehead atoms. The van der Waals surface area contributed by atoms with E-state index in [0.717, 1.165) is 45.8 Å². The van der Waals surface area contributed by atoms with E-state index in [-0.39, 0.29) is 6.04 Å². The Bertz CT molecular complexity index is 458. The quantitative estimate of drug-likeness (QED) is 0.820. The molecular weight excluding hydrogens is 278 g/mol. The van der Waals surface area contributed by atoms with Crippen LogP contribution in [-0.2, 0) is 11.3 Å². The van der Waals surface area contributed by atoms with Gasteiger partial charge in [-0.05, 0) is 19.5 Å². The lowest BCUT2D eigenvalue weighted by Crippen LogP contribution is -2.52. The lowest BCUT2D eigenvalue weighted by Gasteiger charge is -2.37. The summed E-state index contributed by atoms with van der Waals surface area (Å²) >= 11 is 0. The van der Waals surface area contributed by atoms with Crippen molar-refractivity contribution >= 4 is 5.97 Å². The molecule has 0 amide bonds. The van der Waals surface area contributed by atoms with Crippen LogP contribution < -0.4 is 0 Å². The fourth-order valence-electron chi connectivity index (χ4n) is 2.82. The Morgan fingerprint density at radius 3 is 2.45 bits per heavy atom. The highest BCUT2D eigenvalue weighted by atomic mass is 16.4. The van der Waals surface area contributed by atoms with Crippen molar-refractivity contribution in [3.05, 3.63) is 35.9 Å². The van der Waals surface area contributed by atoms with E-state index in [1.54, 1.807) is 6.92 Å². The normalized spacial score (nSPS) is 18.5. The van der Waals surface area contributed by atoms with Crippen LogP contribution in [0.4, 0.5) is 0 Å². The van der Waals surface area contributed by atoms with Gasteiger partial charge >= 0.3 is 5.97 Å². The van der Waals surface area contributed by atoms with Gasteiger partial charge < -0.3 is 10.0 Å². The van der Waals surface area contributed by atoms with Crippen molar-refractivity contribution in [2.75, 3.05) is 46.3 Å². The molecule has 1 fully saturated rings. The fourth-order valence-corrected chi connectivity index (χ4v) is 2.82. The van der Waals surface area contributed by atoms with Gasteiger partial charge in [-0.2, -0.15) is 0 Å². The van der Waals surface area contributed by atoms with E-state index in [1.165, 1.54) is 5.56 Å². The summed E-state index contributed by atoms with van der Waals surface area (Å²) < 4.78 is 0. The molecule has 0 saturated carbocycles. The molecule has 1 aliphatic heterocycles. The Kier molecular flexibility index (Phi) is 6.36. The molecule has 1 unspecified atom stereocenters. The van der Waals surface area contributed by atoms with Crippen LogP contribution in [0.3, 0.4) is 0 Å². The average molecular weight is 305 g/mol. The first kappa shape index (κ1) is 16.9. The second kappa shape index (κ2) is 8.27. The summed E-state index contributed by atoms with van der Waals surface area (Å²) in [5.41, 5.74) is 1.34. The molecule has 0 radical (unpaired) electrons. The number of piperazine rings is 1. The van der Waals surface area contributed by atoms with E-state index >= 15 is 0 Å². The van der Waals surface area contributed by atoms with E-state index in [4.69, 9.17) is 5.11 Å². The molecule has 1 N–H and O–H groups in total. The van der Waals surface area contributed by atoms with Crippen molar-refractivity contribution < 1.29 is 9.90 Å². The molecule has 0 spiro atoms. The Labute approximate surface area is 133 Å². The monoisotopic (exact) mass is 305 g/mol. The van der Waals surface area contributed by atoms with Gasteiger partial charge in [-0.25, -0.2) is 0 Å². The Hall–Kier alpha value is -1.43. The van der Waals surface area contributed by atoms with Gasteiger partial charge in [-0.1, -0.05) is 30.3 Å². The van der Waals surface area contributed by atoms with Crippen molar-refractivity contribution in [1.29, 1.82) is 0 Å². The van der Waals surface area contributed by atoms with Gasteiger partial charge in [0, 0.05) is 45.8 Å². The van der Waals surface area contributed by atoms with Gasteiger partial charge in [0.15, 0.2) is 0 Å². The summed E-state index contributed by atoms with van der Waals surface area (Å²) in [6, 6.07) is 10.1. The first-order chi connectivity index (χ1) is 10.6. The summed E-state index contributed by atoms with van der Waals surface area (Å²) in [5, 5.41) is 9.05. The summed E-state index contributed by atoms with van der Waals surface area (Å²) in [7, 11) is 2.15. The number of likely N-dealkylation sites (N-methyl/N-ethyl adjacent to an activating group) is 1. The molecule has 0 aromatic heterocycles. The maximum absolute atomic E-state index is 11.0. The van der Waals surface area contributed by atoms with Gasteiger partial charge in [0.2, 0.25) is 0 Å². The molecule has 122 valence electrons. The van der Waals surface area contributed by atoms with E-state index in [0.29, 0.717) is 0 Å². The summed E-state index contributed by atoms with van der Waals surface area (Å²) in [4.78, 5) is 17.8. The SMILES string of the molecule is CC(C(=O)O)N1CCN(CCN(C)Cc2ccccc2)CC1. The summed E-state index contributed by atoms with van der Waals surface area (Å²) in [6.45, 7) is 8.41. The van der Waals surface area contributed by atoms with Gasteiger partial charge in [0.1, 0.15) is 6.04 Å².